The lowest BCUT2D eigenvalue weighted by atomic mass is 10.1. The van der Waals surface area contributed by atoms with Crippen molar-refractivity contribution in [2.75, 3.05) is 33.0 Å². The van der Waals surface area contributed by atoms with Gasteiger partial charge in [0.15, 0.2) is 11.5 Å². The van der Waals surface area contributed by atoms with E-state index >= 15 is 0 Å². The summed E-state index contributed by atoms with van der Waals surface area (Å²) in [6.45, 7) is 8.55. The van der Waals surface area contributed by atoms with Gasteiger partial charge in [0.1, 0.15) is 0 Å². The molecule has 0 bridgehead atoms. The van der Waals surface area contributed by atoms with Crippen LogP contribution in [0, 0.1) is 0 Å². The monoisotopic (exact) mass is 361 g/mol. The molecule has 1 N–H and O–H groups in total. The fourth-order valence-electron chi connectivity index (χ4n) is 3.11. The number of nitrogens with one attached hydrogen (secondary N) is 1. The largest absolute Gasteiger partial charge is 0.454 e. The minimum absolute atomic E-state index is 0.0671. The second kappa shape index (κ2) is 7.43. The number of urea groups is 1. The van der Waals surface area contributed by atoms with Crippen LogP contribution in [0.15, 0.2) is 18.2 Å². The molecule has 0 atom stereocenters. The van der Waals surface area contributed by atoms with Gasteiger partial charge >= 0.3 is 6.03 Å². The Hall–Kier alpha value is -2.44. The minimum atomic E-state index is -0.266. The Kier molecular flexibility index (Phi) is 5.25. The number of nitrogens with zero attached hydrogens (tertiary/aromatic N) is 2. The van der Waals surface area contributed by atoms with E-state index in [4.69, 9.17) is 9.47 Å². The van der Waals surface area contributed by atoms with Crippen molar-refractivity contribution in [1.29, 1.82) is 0 Å². The quantitative estimate of drug-likeness (QED) is 0.875. The normalized spacial score (nSPS) is 17.0. The predicted octanol–water partition coefficient (Wildman–Crippen LogP) is 2.00. The molecule has 2 heterocycles. The van der Waals surface area contributed by atoms with Crippen molar-refractivity contribution < 1.29 is 19.1 Å². The van der Waals surface area contributed by atoms with Crippen LogP contribution in [0.25, 0.3) is 0 Å². The summed E-state index contributed by atoms with van der Waals surface area (Å²) in [5, 5.41) is 2.98. The highest BCUT2D eigenvalue weighted by molar-refractivity contribution is 5.79. The van der Waals surface area contributed by atoms with Gasteiger partial charge in [-0.3, -0.25) is 4.79 Å². The number of amides is 3. The van der Waals surface area contributed by atoms with Crippen molar-refractivity contribution >= 4 is 11.9 Å². The number of carbonyl (C=O) groups excluding carboxylic acids is 2. The second-order valence-electron chi connectivity index (χ2n) is 7.77. The molecule has 0 unspecified atom stereocenters. The van der Waals surface area contributed by atoms with Gasteiger partial charge < -0.3 is 24.6 Å². The van der Waals surface area contributed by atoms with E-state index in [1.54, 1.807) is 4.90 Å². The first kappa shape index (κ1) is 18.4. The summed E-state index contributed by atoms with van der Waals surface area (Å²) in [4.78, 5) is 28.6. The summed E-state index contributed by atoms with van der Waals surface area (Å²) >= 11 is 0. The molecule has 0 saturated carbocycles. The molecule has 1 aromatic rings. The Bertz CT molecular complexity index is 684. The van der Waals surface area contributed by atoms with Crippen LogP contribution in [0.1, 0.15) is 32.8 Å². The number of rotatable bonds is 2. The molecule has 0 aromatic heterocycles. The van der Waals surface area contributed by atoms with Gasteiger partial charge in [0.25, 0.3) is 0 Å². The molecule has 1 fully saturated rings. The van der Waals surface area contributed by atoms with Gasteiger partial charge in [-0.15, -0.1) is 0 Å². The number of hydrogen-bond donors (Lipinski definition) is 1. The lowest BCUT2D eigenvalue weighted by Crippen LogP contribution is -2.49. The van der Waals surface area contributed by atoms with Crippen molar-refractivity contribution in [3.8, 4) is 11.5 Å². The molecule has 7 heteroatoms. The van der Waals surface area contributed by atoms with Crippen LogP contribution in [-0.2, 0) is 11.2 Å². The summed E-state index contributed by atoms with van der Waals surface area (Å²) in [5.41, 5.74) is 0.643. The SMILES string of the molecule is CC(C)(C)NC(=O)N1CCCN(C(=O)Cc2ccc3c(c2)OCO3)CC1. The van der Waals surface area contributed by atoms with Crippen molar-refractivity contribution in [2.45, 2.75) is 39.2 Å². The van der Waals surface area contributed by atoms with E-state index in [9.17, 15) is 9.59 Å². The molecular weight excluding hydrogens is 334 g/mol. The van der Waals surface area contributed by atoms with Crippen molar-refractivity contribution in [3.05, 3.63) is 23.8 Å². The Morgan fingerprint density at radius 3 is 2.50 bits per heavy atom. The highest BCUT2D eigenvalue weighted by atomic mass is 16.7. The Balaban J connectivity index is 1.55. The fraction of sp³-hybridized carbons (Fsp3) is 0.579. The lowest BCUT2D eigenvalue weighted by Gasteiger charge is -2.27. The van der Waals surface area contributed by atoms with E-state index in [1.165, 1.54) is 0 Å². The molecule has 7 nitrogen and oxygen atoms in total. The standard InChI is InChI=1S/C19H27N3O4/c1-19(2,3)20-18(24)22-8-4-7-21(9-10-22)17(23)12-14-5-6-15-16(11-14)26-13-25-15/h5-6,11H,4,7-10,12-13H2,1-3H3,(H,20,24). The van der Waals surface area contributed by atoms with Gasteiger partial charge in [0.05, 0.1) is 6.42 Å². The van der Waals surface area contributed by atoms with E-state index in [1.807, 2.05) is 43.9 Å². The van der Waals surface area contributed by atoms with E-state index < -0.39 is 0 Å². The lowest BCUT2D eigenvalue weighted by molar-refractivity contribution is -0.130. The zero-order valence-corrected chi connectivity index (χ0v) is 15.7. The molecule has 2 aliphatic rings. The maximum absolute atomic E-state index is 12.7. The Morgan fingerprint density at radius 1 is 1.04 bits per heavy atom. The second-order valence-corrected chi connectivity index (χ2v) is 7.77. The number of fused-ring (bicyclic) bond motifs is 1. The van der Waals surface area contributed by atoms with E-state index in [-0.39, 0.29) is 24.3 Å². The molecule has 3 rings (SSSR count). The molecule has 26 heavy (non-hydrogen) atoms. The fourth-order valence-corrected chi connectivity index (χ4v) is 3.11. The smallest absolute Gasteiger partial charge is 0.317 e. The molecule has 1 aromatic carbocycles. The number of ether oxygens (including phenoxy) is 2. The molecule has 0 aliphatic carbocycles. The summed E-state index contributed by atoms with van der Waals surface area (Å²) in [7, 11) is 0. The molecule has 0 radical (unpaired) electrons. The minimum Gasteiger partial charge on any atom is -0.454 e. The molecule has 2 aliphatic heterocycles. The number of benzene rings is 1. The van der Waals surface area contributed by atoms with Crippen LogP contribution >= 0.6 is 0 Å². The van der Waals surface area contributed by atoms with Crippen LogP contribution in [-0.4, -0.2) is 60.2 Å². The maximum atomic E-state index is 12.7. The number of carbonyl (C=O) groups is 2. The van der Waals surface area contributed by atoms with Crippen LogP contribution in [0.3, 0.4) is 0 Å². The maximum Gasteiger partial charge on any atom is 0.317 e. The van der Waals surface area contributed by atoms with Gasteiger partial charge in [-0.25, -0.2) is 4.79 Å². The summed E-state index contributed by atoms with van der Waals surface area (Å²) in [5.74, 6) is 1.48. The van der Waals surface area contributed by atoms with Gasteiger partial charge in [-0.2, -0.15) is 0 Å². The average Bonchev–Trinajstić information content (AvgIpc) is 2.87. The molecule has 0 spiro atoms. The molecule has 1 saturated heterocycles. The highest BCUT2D eigenvalue weighted by Gasteiger charge is 2.24. The van der Waals surface area contributed by atoms with Crippen LogP contribution in [0.5, 0.6) is 11.5 Å². The number of hydrogen-bond acceptors (Lipinski definition) is 4. The predicted molar refractivity (Wildman–Crippen MR) is 97.3 cm³/mol. The van der Waals surface area contributed by atoms with Crippen LogP contribution in [0.2, 0.25) is 0 Å². The first-order chi connectivity index (χ1) is 12.3. The summed E-state index contributed by atoms with van der Waals surface area (Å²) in [6.07, 6.45) is 1.11. The van der Waals surface area contributed by atoms with Crippen molar-refractivity contribution in [3.63, 3.8) is 0 Å². The first-order valence-corrected chi connectivity index (χ1v) is 9.05. The summed E-state index contributed by atoms with van der Waals surface area (Å²) in [6, 6.07) is 5.53. The van der Waals surface area contributed by atoms with Crippen molar-refractivity contribution in [1.82, 2.24) is 15.1 Å². The van der Waals surface area contributed by atoms with Crippen LogP contribution < -0.4 is 14.8 Å². The van der Waals surface area contributed by atoms with E-state index in [2.05, 4.69) is 5.32 Å². The average molecular weight is 361 g/mol. The highest BCUT2D eigenvalue weighted by Crippen LogP contribution is 2.32. The van der Waals surface area contributed by atoms with E-state index in [0.717, 1.165) is 17.7 Å². The van der Waals surface area contributed by atoms with Crippen LogP contribution in [0.4, 0.5) is 4.79 Å². The summed E-state index contributed by atoms with van der Waals surface area (Å²) < 4.78 is 10.7. The molecular formula is C19H27N3O4. The van der Waals surface area contributed by atoms with Gasteiger partial charge in [-0.1, -0.05) is 6.07 Å². The third-order valence-electron chi connectivity index (χ3n) is 4.41. The third-order valence-corrected chi connectivity index (χ3v) is 4.41. The Morgan fingerprint density at radius 2 is 1.73 bits per heavy atom. The van der Waals surface area contributed by atoms with Gasteiger partial charge in [0.2, 0.25) is 12.7 Å². The molecule has 142 valence electrons. The first-order valence-electron chi connectivity index (χ1n) is 9.05. The topological polar surface area (TPSA) is 71.1 Å². The van der Waals surface area contributed by atoms with E-state index in [0.29, 0.717) is 38.3 Å². The van der Waals surface area contributed by atoms with Gasteiger partial charge in [0, 0.05) is 31.7 Å². The third kappa shape index (κ3) is 4.59. The molecule has 3 amide bonds. The van der Waals surface area contributed by atoms with Crippen molar-refractivity contribution in [2.24, 2.45) is 0 Å². The zero-order valence-electron chi connectivity index (χ0n) is 15.7. The Labute approximate surface area is 154 Å². The van der Waals surface area contributed by atoms with Gasteiger partial charge in [-0.05, 0) is 44.9 Å². The zero-order chi connectivity index (χ0) is 18.7.